The molecule has 0 aliphatic heterocycles. The Labute approximate surface area is 108 Å². The number of aromatic amines is 1. The molecule has 2 rings (SSSR count). The Bertz CT molecular complexity index is 407. The van der Waals surface area contributed by atoms with E-state index in [-0.39, 0.29) is 11.7 Å². The number of nitrogens with one attached hydrogen (secondary N) is 2. The summed E-state index contributed by atoms with van der Waals surface area (Å²) in [5, 5.41) is 9.56. The van der Waals surface area contributed by atoms with Gasteiger partial charge < -0.3 is 11.1 Å². The molecular formula is C13H22N4O. The molecule has 1 saturated carbocycles. The van der Waals surface area contributed by atoms with Crippen LogP contribution < -0.4 is 11.1 Å². The van der Waals surface area contributed by atoms with Crippen molar-refractivity contribution in [2.75, 3.05) is 12.3 Å². The second kappa shape index (κ2) is 5.42. The first-order valence-electron chi connectivity index (χ1n) is 6.68. The third-order valence-electron chi connectivity index (χ3n) is 4.02. The number of H-pyrrole nitrogens is 1. The second-order valence-electron chi connectivity index (χ2n) is 5.34. The molecule has 1 fully saturated rings. The molecule has 1 aliphatic rings. The maximum Gasteiger partial charge on any atom is 0.256 e. The Morgan fingerprint density at radius 2 is 2.22 bits per heavy atom. The largest absolute Gasteiger partial charge is 0.382 e. The van der Waals surface area contributed by atoms with Crippen molar-refractivity contribution in [2.24, 2.45) is 11.8 Å². The quantitative estimate of drug-likeness (QED) is 0.765. The molecule has 1 aromatic heterocycles. The highest BCUT2D eigenvalue weighted by Crippen LogP contribution is 2.29. The Kier molecular flexibility index (Phi) is 3.89. The maximum absolute atomic E-state index is 12.0. The van der Waals surface area contributed by atoms with Crippen LogP contribution in [0.25, 0.3) is 0 Å². The summed E-state index contributed by atoms with van der Waals surface area (Å²) in [7, 11) is 0. The van der Waals surface area contributed by atoms with E-state index in [1.165, 1.54) is 25.7 Å². The lowest BCUT2D eigenvalue weighted by atomic mass is 9.80. The fraction of sp³-hybridized carbons (Fsp3) is 0.692. The van der Waals surface area contributed by atoms with Crippen LogP contribution in [0, 0.1) is 18.8 Å². The molecule has 0 spiro atoms. The normalized spacial score (nSPS) is 23.9. The predicted molar refractivity (Wildman–Crippen MR) is 71.2 cm³/mol. The van der Waals surface area contributed by atoms with Gasteiger partial charge >= 0.3 is 0 Å². The molecule has 4 N–H and O–H groups in total. The van der Waals surface area contributed by atoms with Crippen LogP contribution in [0.15, 0.2) is 0 Å². The van der Waals surface area contributed by atoms with E-state index < -0.39 is 0 Å². The first-order chi connectivity index (χ1) is 8.59. The Morgan fingerprint density at radius 1 is 1.50 bits per heavy atom. The number of carbonyl (C=O) groups is 1. The number of amides is 1. The predicted octanol–water partition coefficient (Wildman–Crippen LogP) is 1.86. The third-order valence-corrected chi connectivity index (χ3v) is 4.02. The van der Waals surface area contributed by atoms with Crippen LogP contribution in [0.2, 0.25) is 0 Å². The van der Waals surface area contributed by atoms with Gasteiger partial charge in [0.05, 0.1) is 0 Å². The fourth-order valence-electron chi connectivity index (χ4n) is 2.74. The molecule has 2 atom stereocenters. The van der Waals surface area contributed by atoms with Crippen LogP contribution >= 0.6 is 0 Å². The smallest absolute Gasteiger partial charge is 0.256 e. The van der Waals surface area contributed by atoms with Crippen molar-refractivity contribution in [2.45, 2.75) is 39.5 Å². The van der Waals surface area contributed by atoms with Crippen molar-refractivity contribution in [1.29, 1.82) is 0 Å². The molecule has 1 aliphatic carbocycles. The number of nitrogens with zero attached hydrogens (tertiary/aromatic N) is 1. The zero-order valence-electron chi connectivity index (χ0n) is 11.1. The summed E-state index contributed by atoms with van der Waals surface area (Å²) < 4.78 is 0. The van der Waals surface area contributed by atoms with Crippen LogP contribution in [-0.4, -0.2) is 22.6 Å². The number of nitrogens with two attached hydrogens (primary N) is 1. The zero-order chi connectivity index (χ0) is 13.1. The van der Waals surface area contributed by atoms with Crippen LogP contribution in [0.1, 0.15) is 48.7 Å². The molecule has 1 aromatic rings. The van der Waals surface area contributed by atoms with E-state index in [0.717, 1.165) is 12.2 Å². The molecule has 2 unspecified atom stereocenters. The summed E-state index contributed by atoms with van der Waals surface area (Å²) in [6, 6.07) is 0. The summed E-state index contributed by atoms with van der Waals surface area (Å²) >= 11 is 0. The Hall–Kier alpha value is -1.52. The molecule has 0 radical (unpaired) electrons. The third kappa shape index (κ3) is 2.66. The first-order valence-corrected chi connectivity index (χ1v) is 6.68. The highest BCUT2D eigenvalue weighted by molar-refractivity contribution is 5.99. The van der Waals surface area contributed by atoms with Gasteiger partial charge in [0.25, 0.3) is 5.91 Å². The van der Waals surface area contributed by atoms with E-state index in [2.05, 4.69) is 22.4 Å². The number of rotatable bonds is 3. The molecule has 0 aromatic carbocycles. The van der Waals surface area contributed by atoms with Gasteiger partial charge in [-0.3, -0.25) is 9.89 Å². The number of hydrogen-bond acceptors (Lipinski definition) is 3. The molecule has 0 saturated heterocycles. The first kappa shape index (κ1) is 12.9. The van der Waals surface area contributed by atoms with Gasteiger partial charge in [0.15, 0.2) is 5.82 Å². The van der Waals surface area contributed by atoms with Crippen molar-refractivity contribution < 1.29 is 4.79 Å². The number of nitrogen functional groups attached to an aromatic ring is 1. The van der Waals surface area contributed by atoms with Gasteiger partial charge in [0.1, 0.15) is 5.56 Å². The van der Waals surface area contributed by atoms with Gasteiger partial charge in [-0.1, -0.05) is 26.2 Å². The standard InChI is InChI=1S/C13H22N4O/c1-8-5-3-4-6-10(8)7-15-13(18)11-9(2)16-17-12(11)14/h8,10H,3-7H2,1-2H3,(H,15,18)(H3,14,16,17). The minimum absolute atomic E-state index is 0.114. The Balaban J connectivity index is 1.92. The summed E-state index contributed by atoms with van der Waals surface area (Å²) in [5.41, 5.74) is 6.88. The monoisotopic (exact) mass is 250 g/mol. The molecule has 1 heterocycles. The Morgan fingerprint density at radius 3 is 2.83 bits per heavy atom. The molecule has 5 nitrogen and oxygen atoms in total. The lowest BCUT2D eigenvalue weighted by Crippen LogP contribution is -2.33. The second-order valence-corrected chi connectivity index (χ2v) is 5.34. The number of carbonyl (C=O) groups excluding carboxylic acids is 1. The number of anilines is 1. The minimum Gasteiger partial charge on any atom is -0.382 e. The highest BCUT2D eigenvalue weighted by atomic mass is 16.1. The van der Waals surface area contributed by atoms with Gasteiger partial charge in [-0.05, 0) is 25.2 Å². The van der Waals surface area contributed by atoms with E-state index in [1.54, 1.807) is 0 Å². The molecule has 18 heavy (non-hydrogen) atoms. The van der Waals surface area contributed by atoms with Crippen molar-refractivity contribution in [3.63, 3.8) is 0 Å². The molecule has 5 heteroatoms. The van der Waals surface area contributed by atoms with Gasteiger partial charge in [0.2, 0.25) is 0 Å². The van der Waals surface area contributed by atoms with E-state index in [0.29, 0.717) is 17.4 Å². The molecular weight excluding hydrogens is 228 g/mol. The maximum atomic E-state index is 12.0. The van der Waals surface area contributed by atoms with Crippen molar-refractivity contribution >= 4 is 11.7 Å². The number of aryl methyl sites for hydroxylation is 1. The van der Waals surface area contributed by atoms with E-state index in [4.69, 9.17) is 5.73 Å². The van der Waals surface area contributed by atoms with E-state index in [1.807, 2.05) is 6.92 Å². The fourth-order valence-corrected chi connectivity index (χ4v) is 2.74. The van der Waals surface area contributed by atoms with Crippen LogP contribution in [0.4, 0.5) is 5.82 Å². The van der Waals surface area contributed by atoms with Crippen LogP contribution in [-0.2, 0) is 0 Å². The van der Waals surface area contributed by atoms with Gasteiger partial charge in [-0.25, -0.2) is 0 Å². The summed E-state index contributed by atoms with van der Waals surface area (Å²) in [6.45, 7) is 4.82. The average molecular weight is 250 g/mol. The molecule has 0 bridgehead atoms. The summed E-state index contributed by atoms with van der Waals surface area (Å²) in [4.78, 5) is 12.0. The van der Waals surface area contributed by atoms with Crippen molar-refractivity contribution in [3.8, 4) is 0 Å². The number of aromatic nitrogens is 2. The minimum atomic E-state index is -0.114. The van der Waals surface area contributed by atoms with Crippen molar-refractivity contribution in [3.05, 3.63) is 11.3 Å². The van der Waals surface area contributed by atoms with Gasteiger partial charge in [-0.2, -0.15) is 5.10 Å². The topological polar surface area (TPSA) is 83.8 Å². The molecule has 1 amide bonds. The van der Waals surface area contributed by atoms with E-state index in [9.17, 15) is 4.79 Å². The van der Waals surface area contributed by atoms with Crippen LogP contribution in [0.5, 0.6) is 0 Å². The number of hydrogen-bond donors (Lipinski definition) is 3. The lowest BCUT2D eigenvalue weighted by molar-refractivity contribution is 0.0937. The molecule has 100 valence electrons. The summed E-state index contributed by atoms with van der Waals surface area (Å²) in [6.07, 6.45) is 5.08. The van der Waals surface area contributed by atoms with Gasteiger partial charge in [0, 0.05) is 12.2 Å². The van der Waals surface area contributed by atoms with E-state index >= 15 is 0 Å². The van der Waals surface area contributed by atoms with Crippen LogP contribution in [0.3, 0.4) is 0 Å². The SMILES string of the molecule is Cc1[nH]nc(N)c1C(=O)NCC1CCCCC1C. The zero-order valence-corrected chi connectivity index (χ0v) is 11.1. The average Bonchev–Trinajstić information content (AvgIpc) is 2.68. The van der Waals surface area contributed by atoms with Gasteiger partial charge in [-0.15, -0.1) is 0 Å². The highest BCUT2D eigenvalue weighted by Gasteiger charge is 2.23. The lowest BCUT2D eigenvalue weighted by Gasteiger charge is -2.28. The van der Waals surface area contributed by atoms with Crippen molar-refractivity contribution in [1.82, 2.24) is 15.5 Å². The summed E-state index contributed by atoms with van der Waals surface area (Å²) in [5.74, 6) is 1.45.